The standard InChI is InChI=1S/C14H12BrFO2/c15-11-6-7-12(13(16)8-11)14(17)18-9-10-4-2-1-3-5-10/h2,4-8H,1,3,9H2. The van der Waals surface area contributed by atoms with E-state index in [1.807, 2.05) is 18.2 Å². The summed E-state index contributed by atoms with van der Waals surface area (Å²) in [7, 11) is 0. The van der Waals surface area contributed by atoms with Crippen molar-refractivity contribution in [2.75, 3.05) is 6.61 Å². The molecular formula is C14H12BrFO2. The summed E-state index contributed by atoms with van der Waals surface area (Å²) in [5.41, 5.74) is 0.908. The molecule has 0 fully saturated rings. The van der Waals surface area contributed by atoms with Gasteiger partial charge in [0.2, 0.25) is 0 Å². The Kier molecular flexibility index (Phi) is 4.31. The maximum atomic E-state index is 13.5. The van der Waals surface area contributed by atoms with Gasteiger partial charge in [0.1, 0.15) is 12.4 Å². The zero-order chi connectivity index (χ0) is 13.0. The van der Waals surface area contributed by atoms with Crippen molar-refractivity contribution in [3.63, 3.8) is 0 Å². The van der Waals surface area contributed by atoms with Crippen LogP contribution in [0.4, 0.5) is 4.39 Å². The van der Waals surface area contributed by atoms with E-state index in [9.17, 15) is 9.18 Å². The molecular weight excluding hydrogens is 299 g/mol. The molecule has 0 N–H and O–H groups in total. The molecule has 4 heteroatoms. The fourth-order valence-electron chi connectivity index (χ4n) is 1.66. The number of benzene rings is 1. The molecule has 0 amide bonds. The van der Waals surface area contributed by atoms with Gasteiger partial charge in [-0.1, -0.05) is 34.2 Å². The summed E-state index contributed by atoms with van der Waals surface area (Å²) >= 11 is 3.14. The quantitative estimate of drug-likeness (QED) is 0.788. The van der Waals surface area contributed by atoms with Gasteiger partial charge in [-0.05, 0) is 36.6 Å². The lowest BCUT2D eigenvalue weighted by Gasteiger charge is -2.08. The van der Waals surface area contributed by atoms with Crippen molar-refractivity contribution in [3.05, 3.63) is 57.9 Å². The molecule has 0 radical (unpaired) electrons. The number of halogens is 2. The van der Waals surface area contributed by atoms with E-state index in [0.717, 1.165) is 18.4 Å². The van der Waals surface area contributed by atoms with Gasteiger partial charge in [0.25, 0.3) is 0 Å². The minimum atomic E-state index is -0.639. The topological polar surface area (TPSA) is 26.3 Å². The molecule has 2 nitrogen and oxygen atoms in total. The molecule has 0 saturated heterocycles. The number of carbonyl (C=O) groups is 1. The van der Waals surface area contributed by atoms with Crippen LogP contribution in [0.1, 0.15) is 23.2 Å². The Labute approximate surface area is 113 Å². The van der Waals surface area contributed by atoms with Crippen LogP contribution in [-0.4, -0.2) is 12.6 Å². The second-order valence-electron chi connectivity index (χ2n) is 3.96. The zero-order valence-electron chi connectivity index (χ0n) is 9.66. The Morgan fingerprint density at radius 2 is 2.22 bits per heavy atom. The van der Waals surface area contributed by atoms with E-state index >= 15 is 0 Å². The maximum absolute atomic E-state index is 13.5. The van der Waals surface area contributed by atoms with E-state index < -0.39 is 11.8 Å². The lowest BCUT2D eigenvalue weighted by Crippen LogP contribution is -2.10. The summed E-state index contributed by atoms with van der Waals surface area (Å²) in [6.45, 7) is 0.185. The van der Waals surface area contributed by atoms with Crippen LogP contribution in [-0.2, 0) is 4.74 Å². The summed E-state index contributed by atoms with van der Waals surface area (Å²) in [6.07, 6.45) is 7.94. The van der Waals surface area contributed by atoms with Crippen LogP contribution >= 0.6 is 15.9 Å². The second-order valence-corrected chi connectivity index (χ2v) is 4.87. The Bertz CT molecular complexity index is 521. The van der Waals surface area contributed by atoms with Crippen LogP contribution in [0.15, 0.2) is 46.5 Å². The Morgan fingerprint density at radius 1 is 1.39 bits per heavy atom. The van der Waals surface area contributed by atoms with Crippen LogP contribution in [0.2, 0.25) is 0 Å². The first-order valence-corrected chi connectivity index (χ1v) is 6.44. The Balaban J connectivity index is 1.99. The Hall–Kier alpha value is -1.42. The van der Waals surface area contributed by atoms with E-state index in [1.165, 1.54) is 12.1 Å². The molecule has 0 spiro atoms. The maximum Gasteiger partial charge on any atom is 0.341 e. The average Bonchev–Trinajstić information content (AvgIpc) is 2.37. The number of ether oxygens (including phenoxy) is 1. The Morgan fingerprint density at radius 3 is 2.89 bits per heavy atom. The van der Waals surface area contributed by atoms with Crippen molar-refractivity contribution in [2.24, 2.45) is 0 Å². The van der Waals surface area contributed by atoms with Crippen molar-refractivity contribution in [2.45, 2.75) is 12.8 Å². The number of carbonyl (C=O) groups excluding carboxylic acids is 1. The minimum absolute atomic E-state index is 0.0430. The summed E-state index contributed by atoms with van der Waals surface area (Å²) in [5.74, 6) is -1.22. The van der Waals surface area contributed by atoms with Gasteiger partial charge in [-0.3, -0.25) is 0 Å². The predicted octanol–water partition coefficient (Wildman–Crippen LogP) is 4.02. The van der Waals surface area contributed by atoms with Gasteiger partial charge >= 0.3 is 5.97 Å². The van der Waals surface area contributed by atoms with E-state index in [4.69, 9.17) is 4.74 Å². The van der Waals surface area contributed by atoms with Crippen molar-refractivity contribution in [3.8, 4) is 0 Å². The normalized spacial score (nSPS) is 14.2. The van der Waals surface area contributed by atoms with Gasteiger partial charge in [0.05, 0.1) is 5.56 Å². The molecule has 0 aromatic heterocycles. The lowest BCUT2D eigenvalue weighted by molar-refractivity contribution is 0.0537. The fraction of sp³-hybridized carbons (Fsp3) is 0.214. The molecule has 1 aliphatic carbocycles. The molecule has 0 bridgehead atoms. The van der Waals surface area contributed by atoms with Gasteiger partial charge in [0, 0.05) is 4.47 Å². The van der Waals surface area contributed by atoms with Crippen LogP contribution < -0.4 is 0 Å². The molecule has 1 aliphatic rings. The van der Waals surface area contributed by atoms with Crippen molar-refractivity contribution < 1.29 is 13.9 Å². The highest BCUT2D eigenvalue weighted by Crippen LogP contribution is 2.17. The summed E-state index contributed by atoms with van der Waals surface area (Å²) in [4.78, 5) is 11.7. The number of allylic oxidation sites excluding steroid dienone is 2. The molecule has 18 heavy (non-hydrogen) atoms. The summed E-state index contributed by atoms with van der Waals surface area (Å²) < 4.78 is 19.2. The van der Waals surface area contributed by atoms with Crippen molar-refractivity contribution >= 4 is 21.9 Å². The summed E-state index contributed by atoms with van der Waals surface area (Å²) in [6, 6.07) is 4.27. The van der Waals surface area contributed by atoms with Crippen molar-refractivity contribution in [1.82, 2.24) is 0 Å². The number of hydrogen-bond donors (Lipinski definition) is 0. The largest absolute Gasteiger partial charge is 0.457 e. The number of rotatable bonds is 3. The SMILES string of the molecule is O=C(OCC1=CCCC=C1)c1ccc(Br)cc1F. The van der Waals surface area contributed by atoms with Crippen LogP contribution in [0.5, 0.6) is 0 Å². The molecule has 0 saturated carbocycles. The first-order valence-electron chi connectivity index (χ1n) is 5.64. The molecule has 94 valence electrons. The lowest BCUT2D eigenvalue weighted by atomic mass is 10.1. The number of hydrogen-bond acceptors (Lipinski definition) is 2. The average molecular weight is 311 g/mol. The van der Waals surface area contributed by atoms with Gasteiger partial charge < -0.3 is 4.74 Å². The molecule has 1 aromatic carbocycles. The molecule has 2 rings (SSSR count). The third-order valence-corrected chi connectivity index (χ3v) is 3.09. The van der Waals surface area contributed by atoms with Gasteiger partial charge in [-0.15, -0.1) is 0 Å². The summed E-state index contributed by atoms with van der Waals surface area (Å²) in [5, 5.41) is 0. The third-order valence-electron chi connectivity index (χ3n) is 2.59. The first-order chi connectivity index (χ1) is 8.66. The smallest absolute Gasteiger partial charge is 0.341 e. The zero-order valence-corrected chi connectivity index (χ0v) is 11.2. The molecule has 1 aromatic rings. The van der Waals surface area contributed by atoms with Crippen LogP contribution in [0.25, 0.3) is 0 Å². The van der Waals surface area contributed by atoms with Gasteiger partial charge in [0.15, 0.2) is 0 Å². The van der Waals surface area contributed by atoms with E-state index in [0.29, 0.717) is 4.47 Å². The van der Waals surface area contributed by atoms with Gasteiger partial charge in [-0.2, -0.15) is 0 Å². The van der Waals surface area contributed by atoms with Crippen molar-refractivity contribution in [1.29, 1.82) is 0 Å². The van der Waals surface area contributed by atoms with Crippen LogP contribution in [0, 0.1) is 5.82 Å². The van der Waals surface area contributed by atoms with Crippen LogP contribution in [0.3, 0.4) is 0 Å². The highest BCUT2D eigenvalue weighted by Gasteiger charge is 2.13. The molecule has 0 aliphatic heterocycles. The highest BCUT2D eigenvalue weighted by atomic mass is 79.9. The minimum Gasteiger partial charge on any atom is -0.457 e. The van der Waals surface area contributed by atoms with E-state index in [2.05, 4.69) is 15.9 Å². The predicted molar refractivity (Wildman–Crippen MR) is 70.8 cm³/mol. The highest BCUT2D eigenvalue weighted by molar-refractivity contribution is 9.10. The molecule has 0 heterocycles. The third kappa shape index (κ3) is 3.29. The van der Waals surface area contributed by atoms with E-state index in [1.54, 1.807) is 6.07 Å². The first kappa shape index (κ1) is 13.0. The second kappa shape index (κ2) is 5.96. The van der Waals surface area contributed by atoms with E-state index in [-0.39, 0.29) is 12.2 Å². The fourth-order valence-corrected chi connectivity index (χ4v) is 1.99. The molecule has 0 unspecified atom stereocenters. The monoisotopic (exact) mass is 310 g/mol. The molecule has 0 atom stereocenters. The number of esters is 1. The van der Waals surface area contributed by atoms with Gasteiger partial charge in [-0.25, -0.2) is 9.18 Å².